The van der Waals surface area contributed by atoms with Crippen molar-refractivity contribution in [3.63, 3.8) is 0 Å². The van der Waals surface area contributed by atoms with Crippen molar-refractivity contribution in [2.45, 2.75) is 26.2 Å². The minimum Gasteiger partial charge on any atom is -0.370 e. The van der Waals surface area contributed by atoms with Gasteiger partial charge in [0.2, 0.25) is 5.91 Å². The average Bonchev–Trinajstić information content (AvgIpc) is 2.67. The number of rotatable bonds is 6. The summed E-state index contributed by atoms with van der Waals surface area (Å²) in [6.07, 6.45) is 1.03. The summed E-state index contributed by atoms with van der Waals surface area (Å²) in [5.41, 5.74) is 7.15. The average molecular weight is 506 g/mol. The van der Waals surface area contributed by atoms with E-state index in [0.717, 1.165) is 18.6 Å². The predicted octanol–water partition coefficient (Wildman–Crippen LogP) is 4.60. The molecule has 0 fully saturated rings. The highest BCUT2D eigenvalue weighted by molar-refractivity contribution is 14.0. The van der Waals surface area contributed by atoms with Gasteiger partial charge in [0.25, 0.3) is 0 Å². The van der Waals surface area contributed by atoms with Crippen LogP contribution in [-0.2, 0) is 4.79 Å². The molecular weight excluding hydrogens is 484 g/mol. The van der Waals surface area contributed by atoms with Gasteiger partial charge < -0.3 is 16.4 Å². The van der Waals surface area contributed by atoms with E-state index in [0.29, 0.717) is 11.6 Å². The molecule has 0 aliphatic rings. The number of carbonyl (C=O) groups is 1. The van der Waals surface area contributed by atoms with Crippen molar-refractivity contribution >= 4 is 47.2 Å². The van der Waals surface area contributed by atoms with E-state index in [2.05, 4.69) is 29.5 Å². The maximum atomic E-state index is 13.5. The molecule has 152 valence electrons. The maximum absolute atomic E-state index is 13.5. The fraction of sp³-hybridized carbons (Fsp3) is 0.263. The molecule has 0 saturated carbocycles. The van der Waals surface area contributed by atoms with Crippen LogP contribution in [0.25, 0.3) is 0 Å². The van der Waals surface area contributed by atoms with Crippen LogP contribution in [0.3, 0.4) is 0 Å². The van der Waals surface area contributed by atoms with Crippen LogP contribution >= 0.6 is 24.0 Å². The fourth-order valence-electron chi connectivity index (χ4n) is 2.29. The highest BCUT2D eigenvalue weighted by atomic mass is 127. The van der Waals surface area contributed by atoms with E-state index in [9.17, 15) is 18.0 Å². The Labute approximate surface area is 178 Å². The number of benzene rings is 2. The molecule has 0 saturated heterocycles. The highest BCUT2D eigenvalue weighted by Crippen LogP contribution is 2.21. The predicted molar refractivity (Wildman–Crippen MR) is 116 cm³/mol. The topological polar surface area (TPSA) is 79.5 Å². The minimum atomic E-state index is -1.65. The Kier molecular flexibility index (Phi) is 9.23. The van der Waals surface area contributed by atoms with Crippen LogP contribution in [-0.4, -0.2) is 18.4 Å². The number of nitrogens with zero attached hydrogens (tertiary/aromatic N) is 1. The third-order valence-electron chi connectivity index (χ3n) is 4.07. The number of halogens is 4. The summed E-state index contributed by atoms with van der Waals surface area (Å²) < 4.78 is 39.5. The molecule has 0 heterocycles. The van der Waals surface area contributed by atoms with Crippen molar-refractivity contribution in [2.75, 3.05) is 17.2 Å². The van der Waals surface area contributed by atoms with E-state index in [4.69, 9.17) is 5.73 Å². The molecule has 28 heavy (non-hydrogen) atoms. The Balaban J connectivity index is 0.00000392. The van der Waals surface area contributed by atoms with Crippen molar-refractivity contribution in [1.82, 2.24) is 0 Å². The lowest BCUT2D eigenvalue weighted by Gasteiger charge is -2.11. The molecule has 0 aliphatic heterocycles. The molecule has 1 unspecified atom stereocenters. The van der Waals surface area contributed by atoms with Gasteiger partial charge in [-0.1, -0.05) is 26.0 Å². The van der Waals surface area contributed by atoms with Gasteiger partial charge >= 0.3 is 0 Å². The number of aliphatic imine (C=N–C) groups is 1. The number of nitrogens with one attached hydrogen (secondary N) is 2. The van der Waals surface area contributed by atoms with Crippen molar-refractivity contribution in [3.05, 3.63) is 59.4 Å². The number of guanidine groups is 1. The molecule has 2 aromatic rings. The van der Waals surface area contributed by atoms with Crippen molar-refractivity contribution in [1.29, 1.82) is 0 Å². The second-order valence-corrected chi connectivity index (χ2v) is 6.03. The second kappa shape index (κ2) is 10.9. The first-order valence-electron chi connectivity index (χ1n) is 8.42. The van der Waals surface area contributed by atoms with Gasteiger partial charge in [-0.05, 0) is 42.2 Å². The van der Waals surface area contributed by atoms with Gasteiger partial charge in [-0.2, -0.15) is 0 Å². The summed E-state index contributed by atoms with van der Waals surface area (Å²) in [5, 5.41) is 4.95. The normalized spacial score (nSPS) is 12.1. The van der Waals surface area contributed by atoms with Crippen LogP contribution < -0.4 is 16.4 Å². The van der Waals surface area contributed by atoms with Gasteiger partial charge in [0.1, 0.15) is 6.54 Å². The van der Waals surface area contributed by atoms with Crippen LogP contribution in [0, 0.1) is 17.5 Å². The van der Waals surface area contributed by atoms with E-state index in [1.807, 2.05) is 24.3 Å². The van der Waals surface area contributed by atoms with Crippen LogP contribution in [0.2, 0.25) is 0 Å². The molecule has 0 spiro atoms. The number of carbonyl (C=O) groups excluding carboxylic acids is 1. The Hall–Kier alpha value is -2.30. The standard InChI is InChI=1S/C19H21F3N4O.HI/c1-3-11(2)12-4-6-13(7-5-12)25-19(23)24-10-16(27)26-15-9-8-14(20)17(21)18(15)22;/h4-9,11H,3,10H2,1-2H3,(H,26,27)(H3,23,24,25);1H. The van der Waals surface area contributed by atoms with Gasteiger partial charge in [0.05, 0.1) is 5.69 Å². The summed E-state index contributed by atoms with van der Waals surface area (Å²) in [5.74, 6) is -4.75. The lowest BCUT2D eigenvalue weighted by molar-refractivity contribution is -0.114. The number of hydrogen-bond donors (Lipinski definition) is 3. The Bertz CT molecular complexity index is 844. The summed E-state index contributed by atoms with van der Waals surface area (Å²) in [6.45, 7) is 3.83. The van der Waals surface area contributed by atoms with Gasteiger partial charge in [0, 0.05) is 5.69 Å². The van der Waals surface area contributed by atoms with Gasteiger partial charge in [0.15, 0.2) is 23.4 Å². The largest absolute Gasteiger partial charge is 0.370 e. The summed E-state index contributed by atoms with van der Waals surface area (Å²) in [7, 11) is 0. The fourth-order valence-corrected chi connectivity index (χ4v) is 2.29. The highest BCUT2D eigenvalue weighted by Gasteiger charge is 2.15. The van der Waals surface area contributed by atoms with Crippen LogP contribution in [0.1, 0.15) is 31.7 Å². The first kappa shape index (κ1) is 23.7. The Morgan fingerprint density at radius 3 is 2.32 bits per heavy atom. The molecular formula is C19H22F3IN4O. The zero-order valence-corrected chi connectivity index (χ0v) is 17.8. The number of nitrogens with two attached hydrogens (primary N) is 1. The van der Waals surface area contributed by atoms with E-state index < -0.39 is 35.6 Å². The first-order chi connectivity index (χ1) is 12.8. The van der Waals surface area contributed by atoms with E-state index in [-0.39, 0.29) is 29.9 Å². The van der Waals surface area contributed by atoms with E-state index in [1.54, 1.807) is 0 Å². The molecule has 5 nitrogen and oxygen atoms in total. The molecule has 4 N–H and O–H groups in total. The third kappa shape index (κ3) is 6.39. The molecule has 1 amide bonds. The Morgan fingerprint density at radius 1 is 1.07 bits per heavy atom. The van der Waals surface area contributed by atoms with Crippen LogP contribution in [0.5, 0.6) is 0 Å². The van der Waals surface area contributed by atoms with Gasteiger partial charge in [-0.3, -0.25) is 4.79 Å². The SMILES string of the molecule is CCC(C)c1ccc(NC(N)=NCC(=O)Nc2ccc(F)c(F)c2F)cc1.I. The summed E-state index contributed by atoms with van der Waals surface area (Å²) in [4.78, 5) is 15.6. The molecule has 0 radical (unpaired) electrons. The molecule has 2 rings (SSSR count). The van der Waals surface area contributed by atoms with Crippen molar-refractivity contribution in [2.24, 2.45) is 10.7 Å². The minimum absolute atomic E-state index is 0. The zero-order chi connectivity index (χ0) is 20.0. The van der Waals surface area contributed by atoms with Crippen LogP contribution in [0.15, 0.2) is 41.4 Å². The molecule has 1 atom stereocenters. The first-order valence-corrected chi connectivity index (χ1v) is 8.42. The van der Waals surface area contributed by atoms with Gasteiger partial charge in [-0.25, -0.2) is 18.2 Å². The lowest BCUT2D eigenvalue weighted by atomic mass is 9.99. The quantitative estimate of drug-likeness (QED) is 0.232. The summed E-state index contributed by atoms with van der Waals surface area (Å²) >= 11 is 0. The number of amides is 1. The Morgan fingerprint density at radius 2 is 1.71 bits per heavy atom. The smallest absolute Gasteiger partial charge is 0.246 e. The molecule has 0 bridgehead atoms. The molecule has 0 aliphatic carbocycles. The van der Waals surface area contributed by atoms with Gasteiger partial charge in [-0.15, -0.1) is 24.0 Å². The van der Waals surface area contributed by atoms with E-state index >= 15 is 0 Å². The second-order valence-electron chi connectivity index (χ2n) is 6.03. The third-order valence-corrected chi connectivity index (χ3v) is 4.07. The summed E-state index contributed by atoms with van der Waals surface area (Å²) in [6, 6.07) is 9.29. The monoisotopic (exact) mass is 506 g/mol. The van der Waals surface area contributed by atoms with Crippen LogP contribution in [0.4, 0.5) is 24.5 Å². The van der Waals surface area contributed by atoms with Crippen molar-refractivity contribution < 1.29 is 18.0 Å². The zero-order valence-electron chi connectivity index (χ0n) is 15.4. The molecule has 9 heteroatoms. The molecule has 0 aromatic heterocycles. The van der Waals surface area contributed by atoms with Crippen molar-refractivity contribution in [3.8, 4) is 0 Å². The number of anilines is 2. The number of hydrogen-bond acceptors (Lipinski definition) is 2. The lowest BCUT2D eigenvalue weighted by Crippen LogP contribution is -2.25. The maximum Gasteiger partial charge on any atom is 0.246 e. The van der Waals surface area contributed by atoms with E-state index in [1.165, 1.54) is 5.56 Å². The molecule has 2 aromatic carbocycles.